The number of hydrogen-bond acceptors (Lipinski definition) is 7. The number of hydrogen-bond donors (Lipinski definition) is 0. The highest BCUT2D eigenvalue weighted by Gasteiger charge is 2.74. The smallest absolute Gasteiger partial charge is 0.308 e. The molecule has 2 aliphatic carbocycles. The van der Waals surface area contributed by atoms with Gasteiger partial charge >= 0.3 is 11.9 Å². The molecule has 0 N–H and O–H groups in total. The minimum absolute atomic E-state index is 0.112. The van der Waals surface area contributed by atoms with Crippen molar-refractivity contribution in [3.63, 3.8) is 0 Å². The molecule has 1 aromatic rings. The summed E-state index contributed by atoms with van der Waals surface area (Å²) in [5.74, 6) is -0.291. The van der Waals surface area contributed by atoms with Crippen molar-refractivity contribution < 1.29 is 28.6 Å². The summed E-state index contributed by atoms with van der Waals surface area (Å²) in [7, 11) is 2.01. The van der Waals surface area contributed by atoms with E-state index in [1.54, 1.807) is 12.1 Å². The fourth-order valence-electron chi connectivity index (χ4n) is 5.75. The number of carbonyl (C=O) groups is 3. The molecule has 2 heterocycles. The summed E-state index contributed by atoms with van der Waals surface area (Å²) in [5, 5.41) is 0. The van der Waals surface area contributed by atoms with Crippen molar-refractivity contribution in [2.45, 2.75) is 49.9 Å². The van der Waals surface area contributed by atoms with Crippen LogP contribution in [0, 0.1) is 0 Å². The SMILES string of the molecule is CC(=O)Oc1ccc2c3c1O[C@H]1C(=O)C=C[C@@]4(OC(C)=O)[C@@H](C2)N(C)CC[C@]314. The Morgan fingerprint density at radius 1 is 1.25 bits per heavy atom. The Kier molecular flexibility index (Phi) is 3.39. The monoisotopic (exact) mass is 383 g/mol. The van der Waals surface area contributed by atoms with Gasteiger partial charge in [-0.3, -0.25) is 19.3 Å². The van der Waals surface area contributed by atoms with Crippen LogP contribution in [0.1, 0.15) is 31.4 Å². The molecule has 2 bridgehead atoms. The fourth-order valence-corrected chi connectivity index (χ4v) is 5.75. The molecule has 0 unspecified atom stereocenters. The van der Waals surface area contributed by atoms with E-state index in [9.17, 15) is 14.4 Å². The zero-order chi connectivity index (χ0) is 19.8. The minimum atomic E-state index is -1.00. The van der Waals surface area contributed by atoms with Crippen LogP contribution in [0.15, 0.2) is 24.3 Å². The number of rotatable bonds is 2. The number of benzene rings is 1. The first-order valence-corrected chi connectivity index (χ1v) is 9.44. The lowest BCUT2D eigenvalue weighted by Crippen LogP contribution is -2.75. The molecule has 1 fully saturated rings. The molecule has 4 atom stereocenters. The molecule has 0 aromatic heterocycles. The molecule has 7 nitrogen and oxygen atoms in total. The summed E-state index contributed by atoms with van der Waals surface area (Å²) >= 11 is 0. The number of piperidine rings is 1. The van der Waals surface area contributed by atoms with Gasteiger partial charge in [0.15, 0.2) is 29.0 Å². The topological polar surface area (TPSA) is 82.1 Å². The maximum atomic E-state index is 12.9. The van der Waals surface area contributed by atoms with Crippen molar-refractivity contribution in [1.29, 1.82) is 0 Å². The molecule has 0 radical (unpaired) electrons. The molecule has 1 saturated heterocycles. The van der Waals surface area contributed by atoms with Crippen LogP contribution < -0.4 is 9.47 Å². The third kappa shape index (κ3) is 1.90. The molecular formula is C21H21NO6. The molecule has 5 rings (SSSR count). The lowest BCUT2D eigenvalue weighted by molar-refractivity contribution is -0.188. The normalized spacial score (nSPS) is 34.5. The second-order valence-corrected chi connectivity index (χ2v) is 8.06. The van der Waals surface area contributed by atoms with E-state index in [1.165, 1.54) is 19.9 Å². The highest BCUT2D eigenvalue weighted by atomic mass is 16.6. The third-order valence-corrected chi connectivity index (χ3v) is 6.65. The molecule has 1 spiro atoms. The Labute approximate surface area is 162 Å². The summed E-state index contributed by atoms with van der Waals surface area (Å²) in [5.41, 5.74) is 0.0634. The van der Waals surface area contributed by atoms with E-state index in [2.05, 4.69) is 4.90 Å². The summed E-state index contributed by atoms with van der Waals surface area (Å²) in [6.45, 7) is 3.46. The van der Waals surface area contributed by atoms with Gasteiger partial charge in [0.1, 0.15) is 0 Å². The minimum Gasteiger partial charge on any atom is -0.477 e. The Morgan fingerprint density at radius 3 is 2.75 bits per heavy atom. The molecule has 0 saturated carbocycles. The lowest BCUT2D eigenvalue weighted by atomic mass is 9.50. The van der Waals surface area contributed by atoms with Gasteiger partial charge in [-0.15, -0.1) is 0 Å². The molecule has 4 aliphatic rings. The number of likely N-dealkylation sites (tertiary alicyclic amines) is 1. The average Bonchev–Trinajstić information content (AvgIpc) is 2.97. The second kappa shape index (κ2) is 5.44. The van der Waals surface area contributed by atoms with Crippen LogP contribution in [-0.4, -0.2) is 54.0 Å². The van der Waals surface area contributed by atoms with E-state index in [4.69, 9.17) is 14.2 Å². The van der Waals surface area contributed by atoms with Crippen LogP contribution >= 0.6 is 0 Å². The summed E-state index contributed by atoms with van der Waals surface area (Å²) in [4.78, 5) is 38.8. The molecule has 0 amide bonds. The first kappa shape index (κ1) is 17.4. The van der Waals surface area contributed by atoms with Gasteiger partial charge in [-0.2, -0.15) is 0 Å². The molecular weight excluding hydrogens is 362 g/mol. The van der Waals surface area contributed by atoms with Crippen molar-refractivity contribution in [3.8, 4) is 11.5 Å². The zero-order valence-electron chi connectivity index (χ0n) is 16.0. The molecule has 2 aliphatic heterocycles. The van der Waals surface area contributed by atoms with Crippen LogP contribution in [0.2, 0.25) is 0 Å². The molecule has 28 heavy (non-hydrogen) atoms. The Hall–Kier alpha value is -2.67. The maximum absolute atomic E-state index is 12.9. The fraction of sp³-hybridized carbons (Fsp3) is 0.476. The van der Waals surface area contributed by atoms with E-state index in [0.717, 1.165) is 17.7 Å². The van der Waals surface area contributed by atoms with Crippen molar-refractivity contribution in [3.05, 3.63) is 35.4 Å². The average molecular weight is 383 g/mol. The van der Waals surface area contributed by atoms with Crippen molar-refractivity contribution in [2.24, 2.45) is 0 Å². The van der Waals surface area contributed by atoms with Gasteiger partial charge in [0.25, 0.3) is 0 Å². The van der Waals surface area contributed by atoms with E-state index in [1.807, 2.05) is 13.1 Å². The first-order chi connectivity index (χ1) is 13.3. The van der Waals surface area contributed by atoms with Crippen molar-refractivity contribution >= 4 is 17.7 Å². The van der Waals surface area contributed by atoms with Crippen molar-refractivity contribution in [1.82, 2.24) is 4.90 Å². The van der Waals surface area contributed by atoms with Gasteiger partial charge in [0.05, 0.1) is 11.5 Å². The van der Waals surface area contributed by atoms with Crippen LogP contribution in [0.4, 0.5) is 0 Å². The molecule has 146 valence electrons. The van der Waals surface area contributed by atoms with E-state index in [0.29, 0.717) is 24.3 Å². The van der Waals surface area contributed by atoms with Gasteiger partial charge < -0.3 is 14.2 Å². The number of nitrogens with zero attached hydrogens (tertiary/aromatic N) is 1. The lowest BCUT2D eigenvalue weighted by Gasteiger charge is -2.61. The van der Waals surface area contributed by atoms with Crippen LogP contribution in [-0.2, 0) is 31.0 Å². The van der Waals surface area contributed by atoms with E-state index in [-0.39, 0.29) is 11.8 Å². The van der Waals surface area contributed by atoms with Gasteiger partial charge in [-0.25, -0.2) is 0 Å². The third-order valence-electron chi connectivity index (χ3n) is 6.65. The highest BCUT2D eigenvalue weighted by Crippen LogP contribution is 2.64. The number of esters is 2. The number of likely N-dealkylation sites (N-methyl/N-ethyl adjacent to an activating group) is 1. The Balaban J connectivity index is 1.83. The predicted octanol–water partition coefficient (Wildman–Crippen LogP) is 1.31. The number of ketones is 1. The standard InChI is InChI=1S/C21H21NO6/c1-11(23)26-15-5-4-13-10-16-21(28-12(2)24)7-6-14(25)19-20(21,8-9-22(16)3)17(13)18(15)27-19/h4-7,16,19H,8-10H2,1-3H3/t16-,19+,20+,21-/m1/s1. The molecule has 1 aromatic carbocycles. The van der Waals surface area contributed by atoms with Gasteiger partial charge in [0.2, 0.25) is 0 Å². The number of ether oxygens (including phenoxy) is 3. The van der Waals surface area contributed by atoms with E-state index < -0.39 is 29.1 Å². The van der Waals surface area contributed by atoms with E-state index >= 15 is 0 Å². The second-order valence-electron chi connectivity index (χ2n) is 8.06. The van der Waals surface area contributed by atoms with Gasteiger partial charge in [0, 0.05) is 19.4 Å². The summed E-state index contributed by atoms with van der Waals surface area (Å²) < 4.78 is 17.6. The van der Waals surface area contributed by atoms with Crippen LogP contribution in [0.25, 0.3) is 0 Å². The first-order valence-electron chi connectivity index (χ1n) is 9.44. The van der Waals surface area contributed by atoms with Crippen LogP contribution in [0.3, 0.4) is 0 Å². The zero-order valence-corrected chi connectivity index (χ0v) is 16.0. The predicted molar refractivity (Wildman–Crippen MR) is 97.2 cm³/mol. The quantitative estimate of drug-likeness (QED) is 0.563. The maximum Gasteiger partial charge on any atom is 0.308 e. The highest BCUT2D eigenvalue weighted by molar-refractivity contribution is 5.99. The summed E-state index contributed by atoms with van der Waals surface area (Å²) in [6, 6.07) is 3.53. The molecule has 7 heteroatoms. The van der Waals surface area contributed by atoms with Gasteiger partial charge in [-0.1, -0.05) is 6.07 Å². The Morgan fingerprint density at radius 2 is 2.04 bits per heavy atom. The largest absolute Gasteiger partial charge is 0.477 e. The Bertz CT molecular complexity index is 968. The number of carbonyl (C=O) groups excluding carboxylic acids is 3. The van der Waals surface area contributed by atoms with Crippen molar-refractivity contribution in [2.75, 3.05) is 13.6 Å². The summed E-state index contributed by atoms with van der Waals surface area (Å²) in [6.07, 6.45) is 3.66. The van der Waals surface area contributed by atoms with Gasteiger partial charge in [-0.05, 0) is 50.2 Å². The van der Waals surface area contributed by atoms with Crippen LogP contribution in [0.5, 0.6) is 11.5 Å².